The molecular formula is C11H16N4S. The van der Waals surface area contributed by atoms with Gasteiger partial charge < -0.3 is 5.32 Å². The van der Waals surface area contributed by atoms with Gasteiger partial charge >= 0.3 is 0 Å². The summed E-state index contributed by atoms with van der Waals surface area (Å²) in [5.74, 6) is 0. The molecule has 0 fully saturated rings. The maximum Gasteiger partial charge on any atom is 0.0900 e. The van der Waals surface area contributed by atoms with Crippen molar-refractivity contribution in [2.45, 2.75) is 26.9 Å². The number of hydrogen-bond donors (Lipinski definition) is 1. The van der Waals surface area contributed by atoms with Crippen LogP contribution in [-0.2, 0) is 20.1 Å². The van der Waals surface area contributed by atoms with E-state index in [2.05, 4.69) is 22.3 Å². The minimum Gasteiger partial charge on any atom is -0.306 e. The van der Waals surface area contributed by atoms with E-state index in [1.165, 1.54) is 10.6 Å². The first-order valence-electron chi connectivity index (χ1n) is 5.27. The third-order valence-corrected chi connectivity index (χ3v) is 3.59. The number of nitrogens with one attached hydrogen (secondary N) is 1. The molecule has 2 rings (SSSR count). The molecule has 0 bridgehead atoms. The van der Waals surface area contributed by atoms with Crippen molar-refractivity contribution in [2.75, 3.05) is 0 Å². The molecule has 0 aliphatic carbocycles. The van der Waals surface area contributed by atoms with E-state index in [1.54, 1.807) is 11.3 Å². The van der Waals surface area contributed by atoms with Gasteiger partial charge in [-0.2, -0.15) is 5.10 Å². The molecule has 0 radical (unpaired) electrons. The van der Waals surface area contributed by atoms with E-state index in [0.29, 0.717) is 0 Å². The van der Waals surface area contributed by atoms with Gasteiger partial charge in [0, 0.05) is 31.2 Å². The smallest absolute Gasteiger partial charge is 0.0900 e. The molecule has 0 saturated heterocycles. The maximum atomic E-state index is 4.41. The third kappa shape index (κ3) is 2.48. The average Bonchev–Trinajstić information content (AvgIpc) is 2.75. The molecule has 0 atom stereocenters. The summed E-state index contributed by atoms with van der Waals surface area (Å²) < 4.78 is 1.89. The van der Waals surface area contributed by atoms with E-state index in [4.69, 9.17) is 0 Å². The highest BCUT2D eigenvalue weighted by Gasteiger charge is 2.04. The predicted octanol–water partition coefficient (Wildman–Crippen LogP) is 1.78. The molecule has 0 aromatic carbocycles. The highest BCUT2D eigenvalue weighted by Crippen LogP contribution is 2.16. The Morgan fingerprint density at radius 2 is 2.19 bits per heavy atom. The van der Waals surface area contributed by atoms with Gasteiger partial charge in [-0.25, -0.2) is 4.98 Å². The number of thiazole rings is 1. The lowest BCUT2D eigenvalue weighted by atomic mass is 10.3. The van der Waals surface area contributed by atoms with Gasteiger partial charge in [0.15, 0.2) is 0 Å². The van der Waals surface area contributed by atoms with Crippen molar-refractivity contribution in [3.8, 4) is 0 Å². The molecule has 2 aromatic rings. The first kappa shape index (κ1) is 11.3. The molecule has 16 heavy (non-hydrogen) atoms. The highest BCUT2D eigenvalue weighted by atomic mass is 32.1. The van der Waals surface area contributed by atoms with Crippen LogP contribution in [0.15, 0.2) is 12.3 Å². The van der Waals surface area contributed by atoms with E-state index in [9.17, 15) is 0 Å². The second kappa shape index (κ2) is 4.76. The SMILES string of the molecule is Cc1nc(C)c(CNCc2ccnn2C)s1. The Kier molecular flexibility index (Phi) is 3.36. The lowest BCUT2D eigenvalue weighted by Crippen LogP contribution is -2.15. The summed E-state index contributed by atoms with van der Waals surface area (Å²) in [6, 6.07) is 2.03. The monoisotopic (exact) mass is 236 g/mol. The highest BCUT2D eigenvalue weighted by molar-refractivity contribution is 7.11. The van der Waals surface area contributed by atoms with Crippen molar-refractivity contribution in [2.24, 2.45) is 7.05 Å². The summed E-state index contributed by atoms with van der Waals surface area (Å²) in [4.78, 5) is 5.72. The van der Waals surface area contributed by atoms with Crippen molar-refractivity contribution in [3.63, 3.8) is 0 Å². The molecule has 0 aliphatic heterocycles. The molecule has 0 saturated carbocycles. The Bertz CT molecular complexity index is 472. The van der Waals surface area contributed by atoms with Gasteiger partial charge in [0.1, 0.15) is 0 Å². The largest absolute Gasteiger partial charge is 0.306 e. The molecular weight excluding hydrogens is 220 g/mol. The Labute approximate surface area is 99.3 Å². The van der Waals surface area contributed by atoms with Gasteiger partial charge in [-0.3, -0.25) is 4.68 Å². The van der Waals surface area contributed by atoms with Gasteiger partial charge in [-0.1, -0.05) is 0 Å². The Morgan fingerprint density at radius 1 is 1.38 bits per heavy atom. The van der Waals surface area contributed by atoms with Crippen molar-refractivity contribution < 1.29 is 0 Å². The van der Waals surface area contributed by atoms with Crippen LogP contribution in [0.1, 0.15) is 21.3 Å². The van der Waals surface area contributed by atoms with Crippen LogP contribution >= 0.6 is 11.3 Å². The normalized spacial score (nSPS) is 10.9. The van der Waals surface area contributed by atoms with E-state index in [0.717, 1.165) is 23.8 Å². The first-order valence-corrected chi connectivity index (χ1v) is 6.09. The van der Waals surface area contributed by atoms with Crippen LogP contribution in [0.3, 0.4) is 0 Å². The van der Waals surface area contributed by atoms with Crippen molar-refractivity contribution in [3.05, 3.63) is 33.5 Å². The van der Waals surface area contributed by atoms with E-state index in [-0.39, 0.29) is 0 Å². The second-order valence-electron chi connectivity index (χ2n) is 3.79. The standard InChI is InChI=1S/C11H16N4S/c1-8-11(16-9(2)14-8)7-12-6-10-4-5-13-15(10)3/h4-5,12H,6-7H2,1-3H3. The average molecular weight is 236 g/mol. The van der Waals surface area contributed by atoms with Crippen molar-refractivity contribution >= 4 is 11.3 Å². The molecule has 2 aromatic heterocycles. The van der Waals surface area contributed by atoms with Gasteiger partial charge in [0.25, 0.3) is 0 Å². The van der Waals surface area contributed by atoms with Gasteiger partial charge in [-0.15, -0.1) is 11.3 Å². The second-order valence-corrected chi connectivity index (χ2v) is 5.08. The lowest BCUT2D eigenvalue weighted by Gasteiger charge is -2.03. The zero-order chi connectivity index (χ0) is 11.5. The number of hydrogen-bond acceptors (Lipinski definition) is 4. The first-order chi connectivity index (χ1) is 7.66. The van der Waals surface area contributed by atoms with Crippen LogP contribution in [0, 0.1) is 13.8 Å². The zero-order valence-corrected chi connectivity index (χ0v) is 10.6. The predicted molar refractivity (Wildman–Crippen MR) is 65.3 cm³/mol. The van der Waals surface area contributed by atoms with E-state index >= 15 is 0 Å². The summed E-state index contributed by atoms with van der Waals surface area (Å²) >= 11 is 1.76. The maximum absolute atomic E-state index is 4.41. The van der Waals surface area contributed by atoms with Crippen LogP contribution in [0.4, 0.5) is 0 Å². The minimum atomic E-state index is 0.840. The lowest BCUT2D eigenvalue weighted by molar-refractivity contribution is 0.628. The van der Waals surface area contributed by atoms with E-state index in [1.807, 2.05) is 30.9 Å². The van der Waals surface area contributed by atoms with Crippen LogP contribution in [0.2, 0.25) is 0 Å². The Balaban J connectivity index is 1.89. The molecule has 2 heterocycles. The summed E-state index contributed by atoms with van der Waals surface area (Å²) in [6.07, 6.45) is 1.82. The molecule has 0 spiro atoms. The van der Waals surface area contributed by atoms with Gasteiger partial charge in [0.05, 0.1) is 16.4 Å². The fourth-order valence-corrected chi connectivity index (χ4v) is 2.52. The Hall–Kier alpha value is -1.20. The molecule has 0 aliphatic rings. The van der Waals surface area contributed by atoms with Crippen LogP contribution in [0.25, 0.3) is 0 Å². The number of aromatic nitrogens is 3. The van der Waals surface area contributed by atoms with E-state index < -0.39 is 0 Å². The topological polar surface area (TPSA) is 42.7 Å². The molecule has 86 valence electrons. The minimum absolute atomic E-state index is 0.840. The number of aryl methyl sites for hydroxylation is 3. The zero-order valence-electron chi connectivity index (χ0n) is 9.82. The van der Waals surface area contributed by atoms with Gasteiger partial charge in [-0.05, 0) is 19.9 Å². The van der Waals surface area contributed by atoms with Crippen LogP contribution in [0.5, 0.6) is 0 Å². The van der Waals surface area contributed by atoms with Crippen molar-refractivity contribution in [1.82, 2.24) is 20.1 Å². The number of rotatable bonds is 4. The van der Waals surface area contributed by atoms with Crippen molar-refractivity contribution in [1.29, 1.82) is 0 Å². The van der Waals surface area contributed by atoms with Crippen LogP contribution in [-0.4, -0.2) is 14.8 Å². The molecule has 1 N–H and O–H groups in total. The van der Waals surface area contributed by atoms with Crippen LogP contribution < -0.4 is 5.32 Å². The number of nitrogens with zero attached hydrogens (tertiary/aromatic N) is 3. The summed E-state index contributed by atoms with van der Waals surface area (Å²) in [6.45, 7) is 5.82. The molecule has 0 unspecified atom stereocenters. The Morgan fingerprint density at radius 3 is 2.75 bits per heavy atom. The quantitative estimate of drug-likeness (QED) is 0.880. The van der Waals surface area contributed by atoms with Gasteiger partial charge in [0.2, 0.25) is 0 Å². The molecule has 5 heteroatoms. The fourth-order valence-electron chi connectivity index (χ4n) is 1.62. The third-order valence-electron chi connectivity index (χ3n) is 2.51. The molecule has 4 nitrogen and oxygen atoms in total. The summed E-state index contributed by atoms with van der Waals surface area (Å²) in [5.41, 5.74) is 2.33. The summed E-state index contributed by atoms with van der Waals surface area (Å²) in [7, 11) is 1.96. The summed E-state index contributed by atoms with van der Waals surface area (Å²) in [5, 5.41) is 8.67. The molecule has 0 amide bonds. The fraction of sp³-hybridized carbons (Fsp3) is 0.455.